The molecule has 1 aliphatic heterocycles. The average Bonchev–Trinajstić information content (AvgIpc) is 3.32. The average molecular weight is 478 g/mol. The van der Waals surface area contributed by atoms with Crippen LogP contribution in [-0.2, 0) is 11.3 Å². The summed E-state index contributed by atoms with van der Waals surface area (Å²) in [5.74, 6) is 0.357. The van der Waals surface area contributed by atoms with E-state index in [4.69, 9.17) is 4.74 Å². The fourth-order valence-electron chi connectivity index (χ4n) is 4.68. The van der Waals surface area contributed by atoms with Crippen LogP contribution in [0.2, 0.25) is 0 Å². The first-order valence-electron chi connectivity index (χ1n) is 11.7. The molecule has 1 fully saturated rings. The van der Waals surface area contributed by atoms with Crippen molar-refractivity contribution in [3.63, 3.8) is 0 Å². The van der Waals surface area contributed by atoms with Gasteiger partial charge in [0.1, 0.15) is 11.9 Å². The molecule has 35 heavy (non-hydrogen) atoms. The maximum Gasteiger partial charge on any atom is 0.253 e. The number of methoxy groups -OCH3 is 1. The van der Waals surface area contributed by atoms with Gasteiger partial charge in [0, 0.05) is 50.1 Å². The van der Waals surface area contributed by atoms with E-state index in [0.29, 0.717) is 37.6 Å². The number of benzene rings is 2. The molecule has 1 N–H and O–H groups in total. The van der Waals surface area contributed by atoms with E-state index in [1.54, 1.807) is 23.9 Å². The van der Waals surface area contributed by atoms with Gasteiger partial charge in [-0.2, -0.15) is 0 Å². The van der Waals surface area contributed by atoms with Crippen LogP contribution in [0.4, 0.5) is 10.1 Å². The highest BCUT2D eigenvalue weighted by Gasteiger charge is 2.32. The fourth-order valence-corrected chi connectivity index (χ4v) is 4.68. The van der Waals surface area contributed by atoms with Crippen LogP contribution in [0.1, 0.15) is 23.0 Å². The summed E-state index contributed by atoms with van der Waals surface area (Å²) < 4.78 is 20.3. The van der Waals surface area contributed by atoms with Gasteiger partial charge in [0.15, 0.2) is 5.82 Å². The van der Waals surface area contributed by atoms with Crippen molar-refractivity contribution < 1.29 is 9.13 Å². The Morgan fingerprint density at radius 2 is 1.86 bits per heavy atom. The first-order chi connectivity index (χ1) is 17.0. The molecule has 0 amide bonds. The maximum absolute atomic E-state index is 13.4. The van der Waals surface area contributed by atoms with Gasteiger partial charge in [0.05, 0.1) is 13.2 Å². The van der Waals surface area contributed by atoms with E-state index in [1.165, 1.54) is 12.1 Å². The largest absolute Gasteiger partial charge is 0.383 e. The highest BCUT2D eigenvalue weighted by molar-refractivity contribution is 5.79. The molecular formula is C25H28FN7O2. The standard InChI is InChI=1S/C25H28FN7O2/c1-17-3-8-22-18(15-17)16-21(25(34)27-22)23(24-28-29-30-33(24)13-14-35-2)32-11-9-31(10-12-32)20-6-4-19(26)5-7-20/h3-8,15-16,23H,9-14H2,1-2H3,(H,27,34)/t23-/m0/s1. The van der Waals surface area contributed by atoms with Crippen LogP contribution in [0.5, 0.6) is 0 Å². The number of rotatable bonds is 7. The van der Waals surface area contributed by atoms with Crippen LogP contribution in [0.15, 0.2) is 53.3 Å². The summed E-state index contributed by atoms with van der Waals surface area (Å²) in [6.45, 7) is 5.79. The molecule has 2 aromatic carbocycles. The van der Waals surface area contributed by atoms with Crippen molar-refractivity contribution in [1.29, 1.82) is 0 Å². The predicted octanol–water partition coefficient (Wildman–Crippen LogP) is 2.52. The van der Waals surface area contributed by atoms with Crippen molar-refractivity contribution in [2.24, 2.45) is 0 Å². The minimum absolute atomic E-state index is 0.159. The molecular weight excluding hydrogens is 449 g/mol. The highest BCUT2D eigenvalue weighted by atomic mass is 19.1. The second-order valence-corrected chi connectivity index (χ2v) is 8.80. The second-order valence-electron chi connectivity index (χ2n) is 8.80. The van der Waals surface area contributed by atoms with Crippen LogP contribution in [-0.4, -0.2) is 70.0 Å². The van der Waals surface area contributed by atoms with Crippen molar-refractivity contribution in [1.82, 2.24) is 30.1 Å². The van der Waals surface area contributed by atoms with Crippen molar-refractivity contribution in [3.05, 3.63) is 81.7 Å². The zero-order valence-corrected chi connectivity index (χ0v) is 19.8. The van der Waals surface area contributed by atoms with Crippen molar-refractivity contribution in [2.75, 3.05) is 44.8 Å². The summed E-state index contributed by atoms with van der Waals surface area (Å²) in [5.41, 5.74) is 3.33. The van der Waals surface area contributed by atoms with E-state index in [2.05, 4.69) is 36.4 Å². The zero-order valence-electron chi connectivity index (χ0n) is 19.8. The van der Waals surface area contributed by atoms with Gasteiger partial charge in [0.2, 0.25) is 0 Å². The number of hydrogen-bond donors (Lipinski definition) is 1. The lowest BCUT2D eigenvalue weighted by molar-refractivity contribution is 0.171. The summed E-state index contributed by atoms with van der Waals surface area (Å²) in [6, 6.07) is 14.0. The molecule has 1 saturated heterocycles. The van der Waals surface area contributed by atoms with E-state index in [-0.39, 0.29) is 11.4 Å². The fraction of sp³-hybridized carbons (Fsp3) is 0.360. The number of piperazine rings is 1. The third kappa shape index (κ3) is 4.80. The predicted molar refractivity (Wildman–Crippen MR) is 131 cm³/mol. The summed E-state index contributed by atoms with van der Waals surface area (Å²) >= 11 is 0. The number of ether oxygens (including phenoxy) is 1. The molecule has 5 rings (SSSR count). The Hall–Kier alpha value is -3.63. The number of anilines is 1. The lowest BCUT2D eigenvalue weighted by atomic mass is 10.0. The minimum atomic E-state index is -0.425. The third-order valence-electron chi connectivity index (χ3n) is 6.51. The van der Waals surface area contributed by atoms with Gasteiger partial charge in [-0.3, -0.25) is 9.69 Å². The topological polar surface area (TPSA) is 92.2 Å². The van der Waals surface area contributed by atoms with Gasteiger partial charge < -0.3 is 14.6 Å². The van der Waals surface area contributed by atoms with E-state index in [0.717, 1.165) is 35.2 Å². The Morgan fingerprint density at radius 1 is 1.09 bits per heavy atom. The third-order valence-corrected chi connectivity index (χ3v) is 6.51. The van der Waals surface area contributed by atoms with E-state index in [9.17, 15) is 9.18 Å². The van der Waals surface area contributed by atoms with Gasteiger partial charge in [0.25, 0.3) is 5.56 Å². The van der Waals surface area contributed by atoms with E-state index < -0.39 is 6.04 Å². The number of nitrogens with one attached hydrogen (secondary N) is 1. The molecule has 0 bridgehead atoms. The van der Waals surface area contributed by atoms with Gasteiger partial charge in [-0.25, -0.2) is 9.07 Å². The second kappa shape index (κ2) is 9.93. The molecule has 3 heterocycles. The quantitative estimate of drug-likeness (QED) is 0.437. The highest BCUT2D eigenvalue weighted by Crippen LogP contribution is 2.29. The number of aryl methyl sites for hydroxylation is 1. The number of aromatic nitrogens is 5. The SMILES string of the molecule is COCCn1nnnc1[C@H](c1cc2cc(C)ccc2[nH]c1=O)N1CCN(c2ccc(F)cc2)CC1. The lowest BCUT2D eigenvalue weighted by Gasteiger charge is -2.39. The van der Waals surface area contributed by atoms with Crippen LogP contribution >= 0.6 is 0 Å². The summed E-state index contributed by atoms with van der Waals surface area (Å²) in [5, 5.41) is 13.4. The number of halogens is 1. The number of tetrazole rings is 1. The summed E-state index contributed by atoms with van der Waals surface area (Å²) in [7, 11) is 1.63. The first-order valence-corrected chi connectivity index (χ1v) is 11.7. The lowest BCUT2D eigenvalue weighted by Crippen LogP contribution is -2.49. The molecule has 2 aromatic heterocycles. The normalized spacial score (nSPS) is 15.6. The number of fused-ring (bicyclic) bond motifs is 1. The number of aromatic amines is 1. The smallest absolute Gasteiger partial charge is 0.253 e. The molecule has 4 aromatic rings. The van der Waals surface area contributed by atoms with Crippen molar-refractivity contribution in [3.8, 4) is 0 Å². The number of hydrogen-bond acceptors (Lipinski definition) is 7. The molecule has 0 aliphatic carbocycles. The molecule has 0 spiro atoms. The molecule has 182 valence electrons. The van der Waals surface area contributed by atoms with Crippen LogP contribution in [0.3, 0.4) is 0 Å². The first kappa shape index (κ1) is 23.1. The Labute approximate surface area is 202 Å². The van der Waals surface area contributed by atoms with Crippen molar-refractivity contribution in [2.45, 2.75) is 19.5 Å². The Bertz CT molecular complexity index is 1360. The molecule has 0 unspecified atom stereocenters. The Kier molecular flexibility index (Phi) is 6.56. The van der Waals surface area contributed by atoms with E-state index in [1.807, 2.05) is 25.1 Å². The monoisotopic (exact) mass is 477 g/mol. The molecule has 1 aliphatic rings. The molecule has 9 nitrogen and oxygen atoms in total. The number of nitrogens with zero attached hydrogens (tertiary/aromatic N) is 6. The Balaban J connectivity index is 1.51. The van der Waals surface area contributed by atoms with Crippen LogP contribution < -0.4 is 10.5 Å². The van der Waals surface area contributed by atoms with Gasteiger partial charge in [-0.1, -0.05) is 11.6 Å². The van der Waals surface area contributed by atoms with E-state index >= 15 is 0 Å². The minimum Gasteiger partial charge on any atom is -0.383 e. The zero-order chi connectivity index (χ0) is 24.4. The summed E-state index contributed by atoms with van der Waals surface area (Å²) in [4.78, 5) is 20.8. The van der Waals surface area contributed by atoms with Crippen LogP contribution in [0, 0.1) is 12.7 Å². The molecule has 0 radical (unpaired) electrons. The Morgan fingerprint density at radius 3 is 2.60 bits per heavy atom. The maximum atomic E-state index is 13.4. The number of H-pyrrole nitrogens is 1. The number of pyridine rings is 1. The van der Waals surface area contributed by atoms with Gasteiger partial charge in [-0.15, -0.1) is 5.10 Å². The molecule has 0 saturated carbocycles. The summed E-state index contributed by atoms with van der Waals surface area (Å²) in [6.07, 6.45) is 0. The molecule has 10 heteroatoms. The molecule has 1 atom stereocenters. The van der Waals surface area contributed by atoms with Gasteiger partial charge in [-0.05, 0) is 65.2 Å². The van der Waals surface area contributed by atoms with Crippen LogP contribution in [0.25, 0.3) is 10.9 Å². The van der Waals surface area contributed by atoms with Gasteiger partial charge >= 0.3 is 0 Å². The van der Waals surface area contributed by atoms with Crippen molar-refractivity contribution >= 4 is 16.6 Å².